The van der Waals surface area contributed by atoms with Crippen molar-refractivity contribution in [2.75, 3.05) is 42.9 Å². The summed E-state index contributed by atoms with van der Waals surface area (Å²) in [6.45, 7) is 12.2. The standard InChI is InChI=1S/C30H38N6O3/c1-4-26(37)34-13-12-30(17-34)18-35(19-30)25(14-21-6-7-21)23-10-8-22(9-11-23)20(3)32-28-31-15-24-16-39-29(38)36(5-2)27(24)33-28/h4,8-11,15,20-21,25H,1,5-7,12-14,16-19H2,2-3H3,(H,31,32,33)/t20-,25?/m0/s1. The normalized spacial score (nSPS) is 21.6. The summed E-state index contributed by atoms with van der Waals surface area (Å²) in [7, 11) is 0. The molecule has 3 fully saturated rings. The van der Waals surface area contributed by atoms with Gasteiger partial charge in [0.25, 0.3) is 0 Å². The van der Waals surface area contributed by atoms with Crippen molar-refractivity contribution in [3.8, 4) is 0 Å². The first-order valence-corrected chi connectivity index (χ1v) is 14.2. The maximum Gasteiger partial charge on any atom is 0.415 e. The fourth-order valence-corrected chi connectivity index (χ4v) is 6.38. The van der Waals surface area contributed by atoms with Crippen LogP contribution in [0, 0.1) is 11.3 Å². The topological polar surface area (TPSA) is 90.9 Å². The molecule has 1 N–H and O–H groups in total. The first-order chi connectivity index (χ1) is 18.9. The molecule has 2 aromatic rings. The zero-order valence-corrected chi connectivity index (χ0v) is 22.9. The third kappa shape index (κ3) is 5.12. The van der Waals surface area contributed by atoms with E-state index in [1.807, 2.05) is 11.8 Å². The molecular formula is C30H38N6O3. The van der Waals surface area contributed by atoms with Gasteiger partial charge in [-0.05, 0) is 49.8 Å². The van der Waals surface area contributed by atoms with Gasteiger partial charge < -0.3 is 15.0 Å². The molecule has 1 saturated carbocycles. The predicted molar refractivity (Wildman–Crippen MR) is 149 cm³/mol. The molecule has 1 aromatic heterocycles. The van der Waals surface area contributed by atoms with E-state index >= 15 is 0 Å². The molecule has 1 aromatic carbocycles. The second-order valence-electron chi connectivity index (χ2n) is 11.7. The molecule has 0 radical (unpaired) electrons. The highest BCUT2D eigenvalue weighted by Gasteiger charge is 2.50. The summed E-state index contributed by atoms with van der Waals surface area (Å²) in [5, 5.41) is 3.40. The number of amides is 2. The quantitative estimate of drug-likeness (QED) is 0.471. The minimum atomic E-state index is -0.373. The predicted octanol–water partition coefficient (Wildman–Crippen LogP) is 4.69. The second-order valence-corrected chi connectivity index (χ2v) is 11.7. The molecule has 0 bridgehead atoms. The van der Waals surface area contributed by atoms with Crippen LogP contribution in [0.15, 0.2) is 43.1 Å². The van der Waals surface area contributed by atoms with Gasteiger partial charge in [0.15, 0.2) is 0 Å². The van der Waals surface area contributed by atoms with Gasteiger partial charge in [-0.25, -0.2) is 9.78 Å². The van der Waals surface area contributed by atoms with Crippen LogP contribution in [0.3, 0.4) is 0 Å². The van der Waals surface area contributed by atoms with Gasteiger partial charge in [-0.1, -0.05) is 43.7 Å². The van der Waals surface area contributed by atoms with Crippen molar-refractivity contribution in [3.05, 3.63) is 59.8 Å². The van der Waals surface area contributed by atoms with Crippen LogP contribution in [-0.2, 0) is 16.1 Å². The van der Waals surface area contributed by atoms with Gasteiger partial charge in [-0.2, -0.15) is 4.98 Å². The average Bonchev–Trinajstić information content (AvgIpc) is 3.64. The number of hydrogen-bond acceptors (Lipinski definition) is 7. The Bertz CT molecular complexity index is 1250. The molecule has 2 amide bonds. The van der Waals surface area contributed by atoms with E-state index in [2.05, 4.69) is 58.0 Å². The van der Waals surface area contributed by atoms with E-state index in [-0.39, 0.29) is 30.1 Å². The van der Waals surface area contributed by atoms with Crippen molar-refractivity contribution in [1.82, 2.24) is 19.8 Å². The maximum absolute atomic E-state index is 12.1. The molecule has 1 unspecified atom stereocenters. The number of fused-ring (bicyclic) bond motifs is 1. The Hall–Kier alpha value is -3.46. The Balaban J connectivity index is 1.12. The van der Waals surface area contributed by atoms with Crippen LogP contribution in [0.5, 0.6) is 0 Å². The smallest absolute Gasteiger partial charge is 0.415 e. The van der Waals surface area contributed by atoms with Gasteiger partial charge in [0.05, 0.1) is 11.6 Å². The Morgan fingerprint density at radius 1 is 1.23 bits per heavy atom. The molecule has 2 atom stereocenters. The highest BCUT2D eigenvalue weighted by molar-refractivity contribution is 5.89. The van der Waals surface area contributed by atoms with Crippen molar-refractivity contribution < 1.29 is 14.3 Å². The molecular weight excluding hydrogens is 492 g/mol. The monoisotopic (exact) mass is 530 g/mol. The number of anilines is 2. The molecule has 39 heavy (non-hydrogen) atoms. The summed E-state index contributed by atoms with van der Waals surface area (Å²) in [6, 6.07) is 9.39. The molecule has 3 aliphatic heterocycles. The van der Waals surface area contributed by atoms with Crippen molar-refractivity contribution in [2.45, 2.75) is 58.2 Å². The number of rotatable bonds is 9. The number of nitrogens with one attached hydrogen (secondary N) is 1. The van der Waals surface area contributed by atoms with E-state index in [1.165, 1.54) is 35.8 Å². The second kappa shape index (κ2) is 10.3. The maximum atomic E-state index is 12.1. The molecule has 4 aliphatic rings. The number of likely N-dealkylation sites (tertiary alicyclic amines) is 2. The van der Waals surface area contributed by atoms with Gasteiger partial charge >= 0.3 is 6.09 Å². The van der Waals surface area contributed by atoms with Gasteiger partial charge in [0.1, 0.15) is 12.4 Å². The van der Waals surface area contributed by atoms with E-state index in [1.54, 1.807) is 6.20 Å². The first kappa shape index (κ1) is 25.8. The third-order valence-electron chi connectivity index (χ3n) is 8.85. The zero-order valence-electron chi connectivity index (χ0n) is 22.9. The lowest BCUT2D eigenvalue weighted by atomic mass is 9.77. The fourth-order valence-electron chi connectivity index (χ4n) is 6.38. The van der Waals surface area contributed by atoms with Crippen LogP contribution in [0.2, 0.25) is 0 Å². The summed E-state index contributed by atoms with van der Waals surface area (Å²) in [5.41, 5.74) is 3.59. The lowest BCUT2D eigenvalue weighted by Gasteiger charge is -2.52. The van der Waals surface area contributed by atoms with E-state index in [0.717, 1.165) is 49.6 Å². The van der Waals surface area contributed by atoms with Crippen LogP contribution in [0.1, 0.15) is 68.3 Å². The summed E-state index contributed by atoms with van der Waals surface area (Å²) < 4.78 is 5.20. The van der Waals surface area contributed by atoms with E-state index in [0.29, 0.717) is 24.4 Å². The third-order valence-corrected chi connectivity index (χ3v) is 8.85. The molecule has 1 aliphatic carbocycles. The molecule has 206 valence electrons. The van der Waals surface area contributed by atoms with Crippen LogP contribution in [0.25, 0.3) is 0 Å². The Morgan fingerprint density at radius 2 is 1.97 bits per heavy atom. The van der Waals surface area contributed by atoms with Crippen molar-refractivity contribution >= 4 is 23.8 Å². The van der Waals surface area contributed by atoms with Gasteiger partial charge in [-0.15, -0.1) is 0 Å². The van der Waals surface area contributed by atoms with Crippen molar-refractivity contribution in [3.63, 3.8) is 0 Å². The molecule has 9 heteroatoms. The summed E-state index contributed by atoms with van der Waals surface area (Å²) >= 11 is 0. The number of cyclic esters (lactones) is 1. The Labute approximate surface area is 230 Å². The molecule has 1 spiro atoms. The number of aromatic nitrogens is 2. The minimum absolute atomic E-state index is 0.00347. The highest BCUT2D eigenvalue weighted by atomic mass is 16.6. The SMILES string of the molecule is C=CC(=O)N1CCC2(C1)CN(C(CC1CC1)c1ccc([C@H](C)Nc3ncc4c(n3)N(CC)C(=O)OC4)cc1)C2. The Morgan fingerprint density at radius 3 is 2.67 bits per heavy atom. The fraction of sp³-hybridized carbons (Fsp3) is 0.533. The van der Waals surface area contributed by atoms with E-state index in [4.69, 9.17) is 4.74 Å². The van der Waals surface area contributed by atoms with Gasteiger partial charge in [0, 0.05) is 50.4 Å². The molecule has 9 nitrogen and oxygen atoms in total. The van der Waals surface area contributed by atoms with E-state index in [9.17, 15) is 9.59 Å². The van der Waals surface area contributed by atoms with E-state index < -0.39 is 0 Å². The summed E-state index contributed by atoms with van der Waals surface area (Å²) in [5.74, 6) is 2.00. The van der Waals surface area contributed by atoms with Crippen LogP contribution in [0.4, 0.5) is 16.6 Å². The largest absolute Gasteiger partial charge is 0.444 e. The molecule has 6 rings (SSSR count). The van der Waals surface area contributed by atoms with Crippen molar-refractivity contribution in [2.24, 2.45) is 11.3 Å². The van der Waals surface area contributed by atoms with Crippen LogP contribution in [-0.4, -0.2) is 64.5 Å². The van der Waals surface area contributed by atoms with Crippen LogP contribution < -0.4 is 10.2 Å². The molecule has 4 heterocycles. The van der Waals surface area contributed by atoms with Gasteiger partial charge in [-0.3, -0.25) is 14.6 Å². The number of benzene rings is 1. The number of nitrogens with zero attached hydrogens (tertiary/aromatic N) is 5. The minimum Gasteiger partial charge on any atom is -0.444 e. The number of ether oxygens (including phenoxy) is 1. The first-order valence-electron chi connectivity index (χ1n) is 14.2. The molecule has 2 saturated heterocycles. The lowest BCUT2D eigenvalue weighted by Crippen LogP contribution is -2.58. The average molecular weight is 531 g/mol. The van der Waals surface area contributed by atoms with Gasteiger partial charge in [0.2, 0.25) is 11.9 Å². The summed E-state index contributed by atoms with van der Waals surface area (Å²) in [6.07, 6.45) is 7.77. The summed E-state index contributed by atoms with van der Waals surface area (Å²) in [4.78, 5) is 39.4. The van der Waals surface area contributed by atoms with Crippen LogP contribution >= 0.6 is 0 Å². The zero-order chi connectivity index (χ0) is 27.1. The number of carbonyl (C=O) groups is 2. The number of carbonyl (C=O) groups excluding carboxylic acids is 2. The lowest BCUT2D eigenvalue weighted by molar-refractivity contribution is -0.126. The highest BCUT2D eigenvalue weighted by Crippen LogP contribution is 2.48. The van der Waals surface area contributed by atoms with Crippen molar-refractivity contribution in [1.29, 1.82) is 0 Å². The number of hydrogen-bond donors (Lipinski definition) is 1. The Kier molecular flexibility index (Phi) is 6.79.